The smallest absolute Gasteiger partial charge is 0.416 e. The summed E-state index contributed by atoms with van der Waals surface area (Å²) in [4.78, 5) is 31.7. The van der Waals surface area contributed by atoms with Crippen molar-refractivity contribution < 1.29 is 22.0 Å². The van der Waals surface area contributed by atoms with E-state index in [4.69, 9.17) is 10.2 Å². The molecule has 0 amide bonds. The lowest BCUT2D eigenvalue weighted by molar-refractivity contribution is -0.138. The van der Waals surface area contributed by atoms with Crippen LogP contribution in [0.25, 0.3) is 0 Å². The van der Waals surface area contributed by atoms with Gasteiger partial charge >= 0.3 is 11.9 Å². The molecule has 1 fully saturated rings. The Morgan fingerprint density at radius 3 is 2.21 bits per heavy atom. The monoisotopic (exact) mass is 599 g/mol. The van der Waals surface area contributed by atoms with Crippen LogP contribution in [0.4, 0.5) is 23.2 Å². The van der Waals surface area contributed by atoms with Gasteiger partial charge in [-0.15, -0.1) is 0 Å². The number of piperazine rings is 1. The zero-order valence-electron chi connectivity index (χ0n) is 23.9. The molecule has 12 heteroatoms. The molecule has 0 unspecified atom stereocenters. The second-order valence-electron chi connectivity index (χ2n) is 10.8. The molecular formula is C31H33F4N5O3. The molecule has 0 saturated carbocycles. The average molecular weight is 600 g/mol. The first-order valence-electron chi connectivity index (χ1n) is 14.0. The van der Waals surface area contributed by atoms with Gasteiger partial charge in [0.15, 0.2) is 0 Å². The van der Waals surface area contributed by atoms with Crippen LogP contribution in [0.5, 0.6) is 0 Å². The lowest BCUT2D eigenvalue weighted by Crippen LogP contribution is -2.51. The molecule has 0 bridgehead atoms. The highest BCUT2D eigenvalue weighted by Gasteiger charge is 2.35. The fourth-order valence-electron chi connectivity index (χ4n) is 5.56. The summed E-state index contributed by atoms with van der Waals surface area (Å²) >= 11 is 0. The topological polar surface area (TPSA) is 89.6 Å². The third-order valence-electron chi connectivity index (χ3n) is 7.87. The van der Waals surface area contributed by atoms with E-state index in [9.17, 15) is 27.2 Å². The molecule has 228 valence electrons. The number of halogens is 4. The van der Waals surface area contributed by atoms with Crippen LogP contribution in [0, 0.1) is 19.7 Å². The van der Waals surface area contributed by atoms with E-state index in [2.05, 4.69) is 4.90 Å². The molecule has 0 aliphatic carbocycles. The Balaban J connectivity index is 1.55. The van der Waals surface area contributed by atoms with Gasteiger partial charge in [-0.2, -0.15) is 13.2 Å². The normalized spacial score (nSPS) is 15.2. The molecule has 0 spiro atoms. The molecule has 2 aromatic carbocycles. The molecule has 1 atom stereocenters. The number of nitrogens with zero attached hydrogens (tertiary/aromatic N) is 4. The number of nitrogens with two attached hydrogens (primary N) is 1. The molecule has 0 radical (unpaired) electrons. The van der Waals surface area contributed by atoms with E-state index < -0.39 is 47.0 Å². The van der Waals surface area contributed by atoms with Gasteiger partial charge in [-0.25, -0.2) is 9.18 Å². The van der Waals surface area contributed by atoms with Crippen molar-refractivity contribution in [2.75, 3.05) is 31.1 Å². The zero-order valence-corrected chi connectivity index (χ0v) is 23.9. The van der Waals surface area contributed by atoms with Crippen LogP contribution in [-0.2, 0) is 25.8 Å². The maximum Gasteiger partial charge on any atom is 0.416 e. The van der Waals surface area contributed by atoms with Crippen molar-refractivity contribution in [3.05, 3.63) is 121 Å². The summed E-state index contributed by atoms with van der Waals surface area (Å²) in [6.45, 7) is 5.04. The highest BCUT2D eigenvalue weighted by atomic mass is 19.4. The van der Waals surface area contributed by atoms with Gasteiger partial charge in [0.2, 0.25) is 0 Å². The summed E-state index contributed by atoms with van der Waals surface area (Å²) in [6, 6.07) is 14.6. The van der Waals surface area contributed by atoms with Gasteiger partial charge in [-0.1, -0.05) is 36.4 Å². The van der Waals surface area contributed by atoms with Crippen LogP contribution in [0.1, 0.15) is 39.9 Å². The van der Waals surface area contributed by atoms with E-state index in [1.807, 2.05) is 24.0 Å². The number of rotatable bonds is 8. The molecule has 4 aromatic rings. The molecule has 1 aliphatic rings. The molecule has 43 heavy (non-hydrogen) atoms. The lowest BCUT2D eigenvalue weighted by Gasteiger charge is -2.36. The zero-order chi connectivity index (χ0) is 30.9. The number of alkyl halides is 3. The van der Waals surface area contributed by atoms with Crippen molar-refractivity contribution in [3.63, 3.8) is 0 Å². The van der Waals surface area contributed by atoms with E-state index in [0.29, 0.717) is 38.3 Å². The molecule has 8 nitrogen and oxygen atoms in total. The van der Waals surface area contributed by atoms with Gasteiger partial charge < -0.3 is 15.1 Å². The number of furan rings is 1. The summed E-state index contributed by atoms with van der Waals surface area (Å²) in [5.41, 5.74) is 4.09. The fraction of sp³-hybridized carbons (Fsp3) is 0.355. The quantitative estimate of drug-likeness (QED) is 0.301. The van der Waals surface area contributed by atoms with Crippen LogP contribution in [0.3, 0.4) is 0 Å². The van der Waals surface area contributed by atoms with E-state index in [1.54, 1.807) is 30.3 Å². The maximum atomic E-state index is 14.9. The number of hydrogen-bond donors (Lipinski definition) is 1. The number of benzene rings is 2. The lowest BCUT2D eigenvalue weighted by atomic mass is 10.1. The van der Waals surface area contributed by atoms with Crippen LogP contribution >= 0.6 is 0 Å². The van der Waals surface area contributed by atoms with Crippen molar-refractivity contribution in [3.8, 4) is 0 Å². The summed E-state index contributed by atoms with van der Waals surface area (Å²) in [6.07, 6.45) is -4.84. The Bertz CT molecular complexity index is 1700. The van der Waals surface area contributed by atoms with E-state index in [0.717, 1.165) is 38.9 Å². The SMILES string of the molecule is Cc1ccc(CN2CCN(c3c(C)n(Cc4c(F)cccc4C(F)(F)F)c(=O)n(C[C@H](N)c4ccccc4)c3=O)CC2)o1. The number of hydrogen-bond acceptors (Lipinski definition) is 6. The molecule has 2 N–H and O–H groups in total. The van der Waals surface area contributed by atoms with Crippen molar-refractivity contribution in [2.45, 2.75) is 45.7 Å². The second kappa shape index (κ2) is 12.2. The number of aromatic nitrogens is 2. The number of anilines is 1. The van der Waals surface area contributed by atoms with E-state index in [-0.39, 0.29) is 17.9 Å². The van der Waals surface area contributed by atoms with Crippen molar-refractivity contribution in [1.82, 2.24) is 14.0 Å². The average Bonchev–Trinajstić information content (AvgIpc) is 3.39. The Morgan fingerprint density at radius 1 is 0.884 bits per heavy atom. The van der Waals surface area contributed by atoms with Crippen LogP contribution in [0.2, 0.25) is 0 Å². The third kappa shape index (κ3) is 6.45. The number of aryl methyl sites for hydroxylation is 1. The van der Waals surface area contributed by atoms with E-state index >= 15 is 0 Å². The third-order valence-corrected chi connectivity index (χ3v) is 7.87. The van der Waals surface area contributed by atoms with Crippen molar-refractivity contribution >= 4 is 5.69 Å². The van der Waals surface area contributed by atoms with Gasteiger partial charge in [0.05, 0.1) is 25.2 Å². The van der Waals surface area contributed by atoms with E-state index in [1.165, 1.54) is 6.92 Å². The minimum atomic E-state index is -4.84. The first-order valence-corrected chi connectivity index (χ1v) is 14.0. The van der Waals surface area contributed by atoms with Crippen LogP contribution in [-0.4, -0.2) is 40.2 Å². The molecule has 3 heterocycles. The van der Waals surface area contributed by atoms with Gasteiger partial charge in [-0.05, 0) is 43.7 Å². The molecular weight excluding hydrogens is 566 g/mol. The van der Waals surface area contributed by atoms with Crippen molar-refractivity contribution in [1.29, 1.82) is 0 Å². The van der Waals surface area contributed by atoms with Gasteiger partial charge in [0.25, 0.3) is 5.56 Å². The largest absolute Gasteiger partial charge is 0.465 e. The molecule has 1 aliphatic heterocycles. The highest BCUT2D eigenvalue weighted by molar-refractivity contribution is 5.50. The minimum absolute atomic E-state index is 0.158. The molecule has 1 saturated heterocycles. The summed E-state index contributed by atoms with van der Waals surface area (Å²) in [5.74, 6) is 0.533. The first kappa shape index (κ1) is 30.3. The minimum Gasteiger partial charge on any atom is -0.465 e. The fourth-order valence-corrected chi connectivity index (χ4v) is 5.56. The highest BCUT2D eigenvalue weighted by Crippen LogP contribution is 2.33. The molecule has 2 aromatic heterocycles. The molecule has 5 rings (SSSR count). The predicted octanol–water partition coefficient (Wildman–Crippen LogP) is 4.45. The Labute approximate surface area is 245 Å². The standard InChI is InChI=1S/C31H33F4N5O3/c1-20-11-12-23(43-20)17-37-13-15-38(16-14-37)28-21(2)39(18-24-25(31(33,34)35)9-6-10-26(24)32)30(42)40(29(28)41)19-27(36)22-7-4-3-5-8-22/h3-12,27H,13-19,36H2,1-2H3/t27-/m0/s1. The Morgan fingerprint density at radius 2 is 1.58 bits per heavy atom. The summed E-state index contributed by atoms with van der Waals surface area (Å²) in [7, 11) is 0. The summed E-state index contributed by atoms with van der Waals surface area (Å²) < 4.78 is 64.1. The Kier molecular flexibility index (Phi) is 8.61. The van der Waals surface area contributed by atoms with Gasteiger partial charge in [0.1, 0.15) is 23.0 Å². The first-order chi connectivity index (χ1) is 20.4. The Hall–Kier alpha value is -4.16. The van der Waals surface area contributed by atoms with Crippen molar-refractivity contribution in [2.24, 2.45) is 5.73 Å². The second-order valence-corrected chi connectivity index (χ2v) is 10.8. The predicted molar refractivity (Wildman–Crippen MR) is 155 cm³/mol. The van der Waals surface area contributed by atoms with Crippen LogP contribution < -0.4 is 21.9 Å². The maximum absolute atomic E-state index is 14.9. The van der Waals surface area contributed by atoms with Crippen LogP contribution in [0.15, 0.2) is 74.7 Å². The van der Waals surface area contributed by atoms with Gasteiger partial charge in [-0.3, -0.25) is 18.8 Å². The summed E-state index contributed by atoms with van der Waals surface area (Å²) in [5, 5.41) is 0. The van der Waals surface area contributed by atoms with Gasteiger partial charge in [0, 0.05) is 43.5 Å².